The van der Waals surface area contributed by atoms with Crippen molar-refractivity contribution in [3.63, 3.8) is 0 Å². The SMILES string of the molecule is CCc1ccc(NC(=O)C2CCCN2S(=O)(=O)c2ccc(Br)s2)cc1. The van der Waals surface area contributed by atoms with Crippen molar-refractivity contribution in [2.24, 2.45) is 0 Å². The van der Waals surface area contributed by atoms with Gasteiger partial charge in [-0.15, -0.1) is 11.3 Å². The van der Waals surface area contributed by atoms with E-state index >= 15 is 0 Å². The van der Waals surface area contributed by atoms with Gasteiger partial charge >= 0.3 is 0 Å². The summed E-state index contributed by atoms with van der Waals surface area (Å²) in [5.41, 5.74) is 1.87. The van der Waals surface area contributed by atoms with E-state index in [2.05, 4.69) is 28.2 Å². The minimum atomic E-state index is -3.65. The van der Waals surface area contributed by atoms with Gasteiger partial charge < -0.3 is 5.32 Å². The summed E-state index contributed by atoms with van der Waals surface area (Å²) in [4.78, 5) is 12.6. The molecule has 3 rings (SSSR count). The van der Waals surface area contributed by atoms with Gasteiger partial charge in [0.1, 0.15) is 10.3 Å². The first kappa shape index (κ1) is 18.6. The number of hydrogen-bond acceptors (Lipinski definition) is 4. The number of carbonyl (C=O) groups excluding carboxylic acids is 1. The molecule has 1 saturated heterocycles. The predicted octanol–water partition coefficient (Wildman–Crippen LogP) is 3.86. The molecule has 1 atom stereocenters. The number of benzene rings is 1. The Kier molecular flexibility index (Phi) is 5.62. The van der Waals surface area contributed by atoms with Crippen LogP contribution in [0.15, 0.2) is 44.4 Å². The first-order valence-electron chi connectivity index (χ1n) is 8.09. The molecule has 0 bridgehead atoms. The van der Waals surface area contributed by atoms with Gasteiger partial charge in [0.25, 0.3) is 10.0 Å². The molecule has 1 amide bonds. The quantitative estimate of drug-likeness (QED) is 0.763. The highest BCUT2D eigenvalue weighted by atomic mass is 79.9. The van der Waals surface area contributed by atoms with Crippen LogP contribution in [0.2, 0.25) is 0 Å². The van der Waals surface area contributed by atoms with Gasteiger partial charge in [-0.2, -0.15) is 4.31 Å². The molecular formula is C17H19BrN2O3S2. The number of nitrogens with zero attached hydrogens (tertiary/aromatic N) is 1. The van der Waals surface area contributed by atoms with E-state index in [1.54, 1.807) is 12.1 Å². The highest BCUT2D eigenvalue weighted by Gasteiger charge is 2.40. The van der Waals surface area contributed by atoms with Crippen LogP contribution in [-0.2, 0) is 21.2 Å². The summed E-state index contributed by atoms with van der Waals surface area (Å²) < 4.78 is 28.0. The monoisotopic (exact) mass is 442 g/mol. The van der Waals surface area contributed by atoms with Gasteiger partial charge in [-0.3, -0.25) is 4.79 Å². The van der Waals surface area contributed by atoms with E-state index in [0.717, 1.165) is 21.5 Å². The Balaban J connectivity index is 1.77. The van der Waals surface area contributed by atoms with Crippen molar-refractivity contribution in [3.8, 4) is 0 Å². The number of amides is 1. The summed E-state index contributed by atoms with van der Waals surface area (Å²) >= 11 is 4.45. The Hall–Kier alpha value is -1.22. The molecule has 1 N–H and O–H groups in total. The smallest absolute Gasteiger partial charge is 0.253 e. The molecule has 1 aliphatic heterocycles. The zero-order chi connectivity index (χ0) is 18.0. The maximum atomic E-state index is 12.8. The Morgan fingerprint density at radius 1 is 1.28 bits per heavy atom. The summed E-state index contributed by atoms with van der Waals surface area (Å²) in [5, 5.41) is 2.84. The predicted molar refractivity (Wildman–Crippen MR) is 103 cm³/mol. The van der Waals surface area contributed by atoms with Crippen LogP contribution >= 0.6 is 27.3 Å². The van der Waals surface area contributed by atoms with Crippen molar-refractivity contribution in [1.29, 1.82) is 0 Å². The van der Waals surface area contributed by atoms with E-state index < -0.39 is 16.1 Å². The van der Waals surface area contributed by atoms with Crippen LogP contribution in [-0.4, -0.2) is 31.2 Å². The standard InChI is InChI=1S/C17H19BrN2O3S2/c1-2-12-5-7-13(8-6-12)19-17(21)14-4-3-11-20(14)25(22,23)16-10-9-15(18)24-16/h5-10,14H,2-4,11H2,1H3,(H,19,21). The van der Waals surface area contributed by atoms with Crippen molar-refractivity contribution in [2.45, 2.75) is 36.4 Å². The third-order valence-electron chi connectivity index (χ3n) is 4.25. The van der Waals surface area contributed by atoms with Gasteiger partial charge in [0.15, 0.2) is 0 Å². The molecule has 8 heteroatoms. The summed E-state index contributed by atoms with van der Waals surface area (Å²) in [6.07, 6.45) is 2.14. The molecular weight excluding hydrogens is 424 g/mol. The Morgan fingerprint density at radius 3 is 2.60 bits per heavy atom. The fourth-order valence-corrected chi connectivity index (χ4v) is 6.69. The third-order valence-corrected chi connectivity index (χ3v) is 8.25. The molecule has 5 nitrogen and oxygen atoms in total. The highest BCUT2D eigenvalue weighted by Crippen LogP contribution is 2.32. The van der Waals surface area contributed by atoms with E-state index in [1.807, 2.05) is 24.3 Å². The second kappa shape index (κ2) is 7.57. The number of aryl methyl sites for hydroxylation is 1. The molecule has 0 spiro atoms. The highest BCUT2D eigenvalue weighted by molar-refractivity contribution is 9.11. The molecule has 134 valence electrons. The maximum absolute atomic E-state index is 12.8. The molecule has 25 heavy (non-hydrogen) atoms. The number of thiophene rings is 1. The number of nitrogens with one attached hydrogen (secondary N) is 1. The first-order chi connectivity index (χ1) is 11.9. The second-order valence-corrected chi connectivity index (χ2v) is 10.5. The summed E-state index contributed by atoms with van der Waals surface area (Å²) in [6, 6.07) is 10.2. The van der Waals surface area contributed by atoms with Crippen LogP contribution in [0.25, 0.3) is 0 Å². The van der Waals surface area contributed by atoms with Crippen LogP contribution < -0.4 is 5.32 Å². The van der Waals surface area contributed by atoms with E-state index in [1.165, 1.54) is 9.87 Å². The van der Waals surface area contributed by atoms with Crippen molar-refractivity contribution in [3.05, 3.63) is 45.7 Å². The second-order valence-electron chi connectivity index (χ2n) is 5.87. The van der Waals surface area contributed by atoms with Gasteiger partial charge in [0, 0.05) is 12.2 Å². The van der Waals surface area contributed by atoms with Crippen LogP contribution in [0.1, 0.15) is 25.3 Å². The van der Waals surface area contributed by atoms with Crippen LogP contribution in [0.3, 0.4) is 0 Å². The molecule has 1 fully saturated rings. The molecule has 1 aromatic carbocycles. The lowest BCUT2D eigenvalue weighted by Crippen LogP contribution is -2.42. The molecule has 1 aromatic heterocycles. The number of rotatable bonds is 5. The zero-order valence-corrected chi connectivity index (χ0v) is 17.0. The Morgan fingerprint density at radius 2 is 2.00 bits per heavy atom. The number of hydrogen-bond donors (Lipinski definition) is 1. The number of halogens is 1. The van der Waals surface area contributed by atoms with Crippen molar-refractivity contribution in [2.75, 3.05) is 11.9 Å². The topological polar surface area (TPSA) is 66.5 Å². The van der Waals surface area contributed by atoms with Crippen LogP contribution in [0.4, 0.5) is 5.69 Å². The minimum Gasteiger partial charge on any atom is -0.325 e. The largest absolute Gasteiger partial charge is 0.325 e. The Labute approximate surface area is 160 Å². The molecule has 0 radical (unpaired) electrons. The average molecular weight is 443 g/mol. The number of carbonyl (C=O) groups is 1. The third kappa shape index (κ3) is 3.97. The summed E-state index contributed by atoms with van der Waals surface area (Å²) in [5.74, 6) is -0.277. The van der Waals surface area contributed by atoms with E-state index in [-0.39, 0.29) is 10.1 Å². The normalized spacial score (nSPS) is 18.4. The van der Waals surface area contributed by atoms with Crippen molar-refractivity contribution < 1.29 is 13.2 Å². The fraction of sp³-hybridized carbons (Fsp3) is 0.353. The molecule has 0 saturated carbocycles. The molecule has 2 aromatic rings. The molecule has 1 aliphatic rings. The molecule has 1 unspecified atom stereocenters. The Bertz CT molecular complexity index is 862. The van der Waals surface area contributed by atoms with Gasteiger partial charge in [-0.25, -0.2) is 8.42 Å². The number of sulfonamides is 1. The van der Waals surface area contributed by atoms with Crippen molar-refractivity contribution in [1.82, 2.24) is 4.31 Å². The average Bonchev–Trinajstić information content (AvgIpc) is 3.25. The van der Waals surface area contributed by atoms with Crippen LogP contribution in [0.5, 0.6) is 0 Å². The van der Waals surface area contributed by atoms with Crippen LogP contribution in [0, 0.1) is 0 Å². The van der Waals surface area contributed by atoms with Gasteiger partial charge in [-0.05, 0) is 65.0 Å². The fourth-order valence-electron chi connectivity index (χ4n) is 2.89. The van der Waals surface area contributed by atoms with Crippen molar-refractivity contribution >= 4 is 48.9 Å². The summed E-state index contributed by atoms with van der Waals surface area (Å²) in [6.45, 7) is 2.43. The van der Waals surface area contributed by atoms with E-state index in [0.29, 0.717) is 25.1 Å². The zero-order valence-electron chi connectivity index (χ0n) is 13.7. The van der Waals surface area contributed by atoms with E-state index in [4.69, 9.17) is 0 Å². The molecule has 0 aliphatic carbocycles. The van der Waals surface area contributed by atoms with Gasteiger partial charge in [0.05, 0.1) is 3.79 Å². The lowest BCUT2D eigenvalue weighted by Gasteiger charge is -2.22. The van der Waals surface area contributed by atoms with Gasteiger partial charge in [-0.1, -0.05) is 19.1 Å². The van der Waals surface area contributed by atoms with Gasteiger partial charge in [0.2, 0.25) is 5.91 Å². The summed E-state index contributed by atoms with van der Waals surface area (Å²) in [7, 11) is -3.65. The molecule has 2 heterocycles. The lowest BCUT2D eigenvalue weighted by molar-refractivity contribution is -0.119. The first-order valence-corrected chi connectivity index (χ1v) is 11.1. The van der Waals surface area contributed by atoms with E-state index in [9.17, 15) is 13.2 Å². The minimum absolute atomic E-state index is 0.256. The number of anilines is 1. The lowest BCUT2D eigenvalue weighted by atomic mass is 10.1. The maximum Gasteiger partial charge on any atom is 0.253 e.